The highest BCUT2D eigenvalue weighted by Crippen LogP contribution is 2.30. The van der Waals surface area contributed by atoms with Crippen molar-refractivity contribution < 1.29 is 14.6 Å². The Balaban J connectivity index is 1.55. The Morgan fingerprint density at radius 1 is 1.20 bits per heavy atom. The Labute approximate surface area is 184 Å². The molecular formula is C21H22Cl2N4O3. The smallest absolute Gasteiger partial charge is 0.157 e. The Hall–Kier alpha value is -2.16. The van der Waals surface area contributed by atoms with Crippen LogP contribution < -0.4 is 5.32 Å². The largest absolute Gasteiger partial charge is 0.508 e. The van der Waals surface area contributed by atoms with E-state index in [-0.39, 0.29) is 18.5 Å². The van der Waals surface area contributed by atoms with E-state index in [0.29, 0.717) is 40.4 Å². The number of rotatable bonds is 6. The summed E-state index contributed by atoms with van der Waals surface area (Å²) in [5.41, 5.74) is 1.35. The lowest BCUT2D eigenvalue weighted by atomic mass is 10.2. The molecule has 9 heteroatoms. The van der Waals surface area contributed by atoms with E-state index < -0.39 is 0 Å². The van der Waals surface area contributed by atoms with Crippen molar-refractivity contribution in [3.63, 3.8) is 0 Å². The number of aromatic hydroxyl groups is 1. The summed E-state index contributed by atoms with van der Waals surface area (Å²) in [7, 11) is 2.06. The van der Waals surface area contributed by atoms with Gasteiger partial charge in [-0.15, -0.1) is 0 Å². The average Bonchev–Trinajstić information content (AvgIpc) is 2.70. The van der Waals surface area contributed by atoms with Gasteiger partial charge in [-0.25, -0.2) is 9.97 Å². The molecule has 7 nitrogen and oxygen atoms in total. The molecule has 1 unspecified atom stereocenters. The number of nitrogens with zero attached hydrogens (tertiary/aromatic N) is 3. The maximum atomic E-state index is 9.87. The predicted octanol–water partition coefficient (Wildman–Crippen LogP) is 4.23. The highest BCUT2D eigenvalue weighted by molar-refractivity contribution is 6.42. The number of nitrogens with one attached hydrogen (secondary N) is 1. The van der Waals surface area contributed by atoms with Crippen molar-refractivity contribution in [1.29, 1.82) is 0 Å². The number of benzene rings is 2. The van der Waals surface area contributed by atoms with E-state index in [1.807, 2.05) is 6.07 Å². The number of hydrogen-bond acceptors (Lipinski definition) is 7. The zero-order valence-corrected chi connectivity index (χ0v) is 18.0. The second-order valence-corrected chi connectivity index (χ2v) is 8.03. The molecule has 0 spiro atoms. The molecule has 1 atom stereocenters. The lowest BCUT2D eigenvalue weighted by Crippen LogP contribution is -2.42. The van der Waals surface area contributed by atoms with Gasteiger partial charge in [0.15, 0.2) is 5.82 Å². The summed E-state index contributed by atoms with van der Waals surface area (Å²) in [4.78, 5) is 11.4. The molecular weight excluding hydrogens is 427 g/mol. The van der Waals surface area contributed by atoms with Crippen molar-refractivity contribution in [2.45, 2.75) is 12.7 Å². The second-order valence-electron chi connectivity index (χ2n) is 7.21. The molecule has 0 amide bonds. The van der Waals surface area contributed by atoms with Crippen molar-refractivity contribution >= 4 is 45.6 Å². The van der Waals surface area contributed by atoms with Crippen molar-refractivity contribution in [2.75, 3.05) is 38.7 Å². The summed E-state index contributed by atoms with van der Waals surface area (Å²) >= 11 is 12.1. The van der Waals surface area contributed by atoms with Crippen molar-refractivity contribution in [3.8, 4) is 5.75 Å². The van der Waals surface area contributed by atoms with E-state index in [1.54, 1.807) is 30.3 Å². The molecule has 4 rings (SSSR count). The minimum atomic E-state index is 0.0297. The van der Waals surface area contributed by atoms with Gasteiger partial charge in [-0.3, -0.25) is 0 Å². The van der Waals surface area contributed by atoms with Crippen molar-refractivity contribution in [2.24, 2.45) is 0 Å². The quantitative estimate of drug-likeness (QED) is 0.583. The van der Waals surface area contributed by atoms with Gasteiger partial charge in [-0.05, 0) is 37.4 Å². The lowest BCUT2D eigenvalue weighted by Gasteiger charge is -2.29. The SMILES string of the molecule is CN1CCOC(COCc2nc(Nc3ccc(Cl)c(Cl)c3)c3ccc(O)cc3n2)C1. The maximum Gasteiger partial charge on any atom is 0.157 e. The molecule has 1 fully saturated rings. The Bertz CT molecular complexity index is 1050. The first-order valence-electron chi connectivity index (χ1n) is 9.57. The molecule has 0 saturated carbocycles. The first-order chi connectivity index (χ1) is 14.5. The van der Waals surface area contributed by atoms with E-state index in [0.717, 1.165) is 24.2 Å². The molecule has 3 aromatic rings. The number of morpholine rings is 1. The molecule has 30 heavy (non-hydrogen) atoms. The molecule has 2 aromatic carbocycles. The number of hydrogen-bond donors (Lipinski definition) is 2. The van der Waals surface area contributed by atoms with Crippen LogP contribution in [0.3, 0.4) is 0 Å². The second kappa shape index (κ2) is 9.32. The third-order valence-electron chi connectivity index (χ3n) is 4.79. The standard InChI is InChI=1S/C21H22Cl2N4O3/c1-27-6-7-30-15(10-27)11-29-12-20-25-19-9-14(28)3-4-16(19)21(26-20)24-13-2-5-17(22)18(23)8-13/h2-5,8-9,15,28H,6-7,10-12H2,1H3,(H,24,25,26). The first kappa shape index (κ1) is 21.1. The van der Waals surface area contributed by atoms with Crippen molar-refractivity contribution in [1.82, 2.24) is 14.9 Å². The fourth-order valence-corrected chi connectivity index (χ4v) is 3.58. The molecule has 1 aromatic heterocycles. The summed E-state index contributed by atoms with van der Waals surface area (Å²) < 4.78 is 11.5. The Morgan fingerprint density at radius 2 is 2.07 bits per heavy atom. The summed E-state index contributed by atoms with van der Waals surface area (Å²) in [6.45, 7) is 3.15. The van der Waals surface area contributed by atoms with Gasteiger partial charge in [-0.2, -0.15) is 0 Å². The topological polar surface area (TPSA) is 79.7 Å². The van der Waals surface area contributed by atoms with Gasteiger partial charge in [0, 0.05) is 30.2 Å². The molecule has 2 heterocycles. The van der Waals surface area contributed by atoms with Crippen LogP contribution in [0.25, 0.3) is 10.9 Å². The van der Waals surface area contributed by atoms with Gasteiger partial charge >= 0.3 is 0 Å². The van der Waals surface area contributed by atoms with Crippen LogP contribution in [0.1, 0.15) is 5.82 Å². The van der Waals surface area contributed by atoms with Gasteiger partial charge in [0.05, 0.1) is 34.9 Å². The van der Waals surface area contributed by atoms with Crippen LogP contribution in [0, 0.1) is 0 Å². The van der Waals surface area contributed by atoms with E-state index in [2.05, 4.69) is 27.2 Å². The van der Waals surface area contributed by atoms with E-state index in [4.69, 9.17) is 32.7 Å². The van der Waals surface area contributed by atoms with Gasteiger partial charge in [0.25, 0.3) is 0 Å². The fourth-order valence-electron chi connectivity index (χ4n) is 3.29. The zero-order chi connectivity index (χ0) is 21.1. The van der Waals surface area contributed by atoms with Crippen LogP contribution in [0.4, 0.5) is 11.5 Å². The molecule has 1 aliphatic rings. The number of aromatic nitrogens is 2. The van der Waals surface area contributed by atoms with Crippen LogP contribution in [-0.4, -0.2) is 59.4 Å². The number of ether oxygens (including phenoxy) is 2. The van der Waals surface area contributed by atoms with Crippen LogP contribution >= 0.6 is 23.2 Å². The van der Waals surface area contributed by atoms with Crippen LogP contribution in [0.2, 0.25) is 10.0 Å². The fraction of sp³-hybridized carbons (Fsp3) is 0.333. The number of anilines is 2. The van der Waals surface area contributed by atoms with E-state index >= 15 is 0 Å². The minimum absolute atomic E-state index is 0.0297. The van der Waals surface area contributed by atoms with Crippen LogP contribution in [-0.2, 0) is 16.1 Å². The zero-order valence-electron chi connectivity index (χ0n) is 16.4. The van der Waals surface area contributed by atoms with Crippen molar-refractivity contribution in [3.05, 3.63) is 52.3 Å². The van der Waals surface area contributed by atoms with Gasteiger partial charge in [-0.1, -0.05) is 23.2 Å². The molecule has 1 saturated heterocycles. The minimum Gasteiger partial charge on any atom is -0.508 e. The van der Waals surface area contributed by atoms with Gasteiger partial charge in [0.1, 0.15) is 18.2 Å². The molecule has 1 aliphatic heterocycles. The van der Waals surface area contributed by atoms with E-state index in [9.17, 15) is 5.11 Å². The van der Waals surface area contributed by atoms with Crippen LogP contribution in [0.15, 0.2) is 36.4 Å². The maximum absolute atomic E-state index is 9.87. The molecule has 158 valence electrons. The average molecular weight is 449 g/mol. The lowest BCUT2D eigenvalue weighted by molar-refractivity contribution is -0.0671. The number of phenolic OH excluding ortho intramolecular Hbond substituents is 1. The summed E-state index contributed by atoms with van der Waals surface area (Å²) in [5, 5.41) is 14.8. The Kier molecular flexibility index (Phi) is 6.55. The normalized spacial score (nSPS) is 17.4. The van der Waals surface area contributed by atoms with E-state index in [1.165, 1.54) is 0 Å². The summed E-state index contributed by atoms with van der Waals surface area (Å²) in [5.74, 6) is 1.22. The highest BCUT2D eigenvalue weighted by Gasteiger charge is 2.18. The predicted molar refractivity (Wildman–Crippen MR) is 118 cm³/mol. The number of fused-ring (bicyclic) bond motifs is 1. The Morgan fingerprint density at radius 3 is 2.87 bits per heavy atom. The third-order valence-corrected chi connectivity index (χ3v) is 5.52. The monoisotopic (exact) mass is 448 g/mol. The summed E-state index contributed by atoms with van der Waals surface area (Å²) in [6, 6.07) is 10.2. The van der Waals surface area contributed by atoms with Crippen LogP contribution in [0.5, 0.6) is 5.75 Å². The molecule has 0 aliphatic carbocycles. The molecule has 0 radical (unpaired) electrons. The van der Waals surface area contributed by atoms with Gasteiger partial charge in [0.2, 0.25) is 0 Å². The highest BCUT2D eigenvalue weighted by atomic mass is 35.5. The first-order valence-corrected chi connectivity index (χ1v) is 10.3. The third kappa shape index (κ3) is 5.11. The van der Waals surface area contributed by atoms with Gasteiger partial charge < -0.3 is 24.8 Å². The number of phenols is 1. The number of likely N-dealkylation sites (N-methyl/N-ethyl adjacent to an activating group) is 1. The molecule has 0 bridgehead atoms. The number of halogens is 2. The summed E-state index contributed by atoms with van der Waals surface area (Å²) in [6.07, 6.45) is 0.0297. The molecule has 2 N–H and O–H groups in total.